The third-order valence-electron chi connectivity index (χ3n) is 5.10. The third kappa shape index (κ3) is 6.54. The average Bonchev–Trinajstić information content (AvgIpc) is 3.32. The number of aromatic nitrogens is 3. The number of carbonyl (C=O) groups is 2. The van der Waals surface area contributed by atoms with E-state index in [2.05, 4.69) is 20.7 Å². The molecular formula is C26H22ClN5O4S. The van der Waals surface area contributed by atoms with Gasteiger partial charge in [0, 0.05) is 16.1 Å². The van der Waals surface area contributed by atoms with E-state index in [-0.39, 0.29) is 17.2 Å². The van der Waals surface area contributed by atoms with Gasteiger partial charge in [0.05, 0.1) is 35.2 Å². The Labute approximate surface area is 222 Å². The summed E-state index contributed by atoms with van der Waals surface area (Å²) >= 11 is 7.27. The molecule has 0 aliphatic heterocycles. The number of nitrogens with zero attached hydrogens (tertiary/aromatic N) is 3. The topological polar surface area (TPSA) is 123 Å². The molecule has 3 aromatic carbocycles. The van der Waals surface area contributed by atoms with E-state index in [1.807, 2.05) is 47.9 Å². The second-order valence-corrected chi connectivity index (χ2v) is 8.96. The number of carboxylic acids is 1. The van der Waals surface area contributed by atoms with Gasteiger partial charge >= 0.3 is 5.16 Å². The molecular weight excluding hydrogens is 514 g/mol. The van der Waals surface area contributed by atoms with Gasteiger partial charge in [-0.1, -0.05) is 35.9 Å². The molecule has 4 aromatic rings. The minimum Gasteiger partial charge on any atom is -0.545 e. The molecule has 1 amide bonds. The van der Waals surface area contributed by atoms with Crippen molar-refractivity contribution in [1.82, 2.24) is 15.6 Å². The molecule has 0 aliphatic rings. The fraction of sp³-hybridized carbons (Fsp3) is 0.115. The van der Waals surface area contributed by atoms with Gasteiger partial charge in [-0.15, -0.1) is 5.10 Å². The molecule has 0 spiro atoms. The number of hydrazone groups is 1. The Hall–Kier alpha value is -4.15. The molecule has 1 heterocycles. The van der Waals surface area contributed by atoms with Crippen LogP contribution < -0.4 is 19.8 Å². The van der Waals surface area contributed by atoms with Crippen molar-refractivity contribution in [2.24, 2.45) is 5.10 Å². The molecule has 0 saturated carbocycles. The quantitative estimate of drug-likeness (QED) is 0.139. The second kappa shape index (κ2) is 12.2. The highest BCUT2D eigenvalue weighted by atomic mass is 35.5. The maximum atomic E-state index is 12.5. The van der Waals surface area contributed by atoms with Crippen LogP contribution in [0.1, 0.15) is 22.8 Å². The number of hydrogen-bond donors (Lipinski definition) is 2. The number of benzene rings is 3. The number of amides is 1. The number of rotatable bonds is 10. The fourth-order valence-corrected chi connectivity index (χ4v) is 4.31. The van der Waals surface area contributed by atoms with Crippen LogP contribution in [-0.2, 0) is 4.79 Å². The van der Waals surface area contributed by atoms with Gasteiger partial charge in [0.1, 0.15) is 11.4 Å². The fourth-order valence-electron chi connectivity index (χ4n) is 3.42. The van der Waals surface area contributed by atoms with Gasteiger partial charge < -0.3 is 14.6 Å². The largest absolute Gasteiger partial charge is 0.545 e. The molecule has 0 unspecified atom stereocenters. The number of ether oxygens (including phenoxy) is 1. The van der Waals surface area contributed by atoms with E-state index in [1.165, 1.54) is 24.0 Å². The first kappa shape index (κ1) is 25.9. The summed E-state index contributed by atoms with van der Waals surface area (Å²) in [5.41, 5.74) is 4.40. The summed E-state index contributed by atoms with van der Waals surface area (Å²) in [5, 5.41) is 23.7. The molecule has 1 aromatic heterocycles. The number of carboxylic acid groups (broad SMARTS) is 1. The van der Waals surface area contributed by atoms with Gasteiger partial charge in [-0.2, -0.15) is 9.67 Å². The van der Waals surface area contributed by atoms with E-state index in [4.69, 9.17) is 16.3 Å². The van der Waals surface area contributed by atoms with Crippen LogP contribution in [-0.4, -0.2) is 40.6 Å². The maximum Gasteiger partial charge on any atom is 0.342 e. The third-order valence-corrected chi connectivity index (χ3v) is 6.29. The predicted molar refractivity (Wildman–Crippen MR) is 139 cm³/mol. The molecule has 0 radical (unpaired) electrons. The Balaban J connectivity index is 1.52. The lowest BCUT2D eigenvalue weighted by Crippen LogP contribution is -2.34. The number of aromatic carboxylic acids is 1. The molecule has 0 atom stereocenters. The van der Waals surface area contributed by atoms with Crippen molar-refractivity contribution in [3.8, 4) is 22.8 Å². The Morgan fingerprint density at radius 2 is 1.86 bits per heavy atom. The molecule has 188 valence electrons. The predicted octanol–water partition coefficient (Wildman–Crippen LogP) is 3.01. The minimum absolute atomic E-state index is 0.0153. The van der Waals surface area contributed by atoms with E-state index < -0.39 is 5.97 Å². The zero-order valence-corrected chi connectivity index (χ0v) is 21.3. The van der Waals surface area contributed by atoms with Crippen LogP contribution in [0.5, 0.6) is 5.75 Å². The number of H-pyrrole nitrogens is 1. The van der Waals surface area contributed by atoms with Crippen molar-refractivity contribution >= 4 is 41.5 Å². The smallest absolute Gasteiger partial charge is 0.342 e. The second-order valence-electron chi connectivity index (χ2n) is 7.58. The van der Waals surface area contributed by atoms with E-state index in [0.29, 0.717) is 28.2 Å². The Morgan fingerprint density at radius 3 is 2.57 bits per heavy atom. The first-order valence-electron chi connectivity index (χ1n) is 11.2. The lowest BCUT2D eigenvalue weighted by Gasteiger charge is -2.07. The summed E-state index contributed by atoms with van der Waals surface area (Å²) in [4.78, 5) is 23.7. The Kier molecular flexibility index (Phi) is 8.55. The minimum atomic E-state index is -1.32. The molecule has 0 fully saturated rings. The average molecular weight is 536 g/mol. The van der Waals surface area contributed by atoms with Crippen LogP contribution in [0.15, 0.2) is 83.1 Å². The van der Waals surface area contributed by atoms with Crippen molar-refractivity contribution < 1.29 is 24.0 Å². The summed E-state index contributed by atoms with van der Waals surface area (Å²) in [7, 11) is 0. The summed E-state index contributed by atoms with van der Waals surface area (Å²) in [5.74, 6) is -0.239. The molecule has 4 rings (SSSR count). The zero-order valence-electron chi connectivity index (χ0n) is 19.7. The molecule has 0 saturated heterocycles. The summed E-state index contributed by atoms with van der Waals surface area (Å²) < 4.78 is 7.45. The van der Waals surface area contributed by atoms with Crippen molar-refractivity contribution in [3.63, 3.8) is 0 Å². The molecule has 2 N–H and O–H groups in total. The van der Waals surface area contributed by atoms with E-state index in [1.54, 1.807) is 30.3 Å². The summed E-state index contributed by atoms with van der Waals surface area (Å²) in [6.45, 7) is 2.48. The van der Waals surface area contributed by atoms with Crippen LogP contribution in [0.25, 0.3) is 17.1 Å². The Bertz CT molecular complexity index is 1420. The summed E-state index contributed by atoms with van der Waals surface area (Å²) in [6, 6.07) is 21.1. The number of halogens is 1. The summed E-state index contributed by atoms with van der Waals surface area (Å²) in [6.07, 6.45) is 1.26. The molecule has 9 nitrogen and oxygen atoms in total. The normalized spacial score (nSPS) is 11.0. The van der Waals surface area contributed by atoms with Gasteiger partial charge in [-0.25, -0.2) is 5.43 Å². The molecule has 0 aliphatic carbocycles. The van der Waals surface area contributed by atoms with Gasteiger partial charge in [-0.05, 0) is 67.2 Å². The maximum absolute atomic E-state index is 12.5. The standard InChI is InChI=1S/C26H22ClN5O4S/c1-2-36-21-13-11-20(12-14-21)32-24(17-7-9-19(27)10-8-17)30-31-26(32)37-16-23(33)29-28-15-18-5-3-4-6-22(18)25(34)35/h3-15H,2,16H2,1H3,(H2,29,33,34,35)/b28-15-. The molecule has 37 heavy (non-hydrogen) atoms. The molecule has 11 heteroatoms. The van der Waals surface area contributed by atoms with Crippen LogP contribution in [0.4, 0.5) is 0 Å². The van der Waals surface area contributed by atoms with Crippen molar-refractivity contribution in [3.05, 3.63) is 88.9 Å². The number of aromatic amines is 1. The molecule has 0 bridgehead atoms. The monoisotopic (exact) mass is 535 g/mol. The SMILES string of the molecule is CCOc1ccc(-[n+]2c(SCC(=O)N/N=C\c3ccccc3C(=O)[O-])n[nH]c2-c2ccc(Cl)cc2)cc1. The van der Waals surface area contributed by atoms with E-state index in [0.717, 1.165) is 17.0 Å². The van der Waals surface area contributed by atoms with Crippen LogP contribution in [0, 0.1) is 0 Å². The van der Waals surface area contributed by atoms with Crippen molar-refractivity contribution in [1.29, 1.82) is 0 Å². The van der Waals surface area contributed by atoms with Crippen LogP contribution in [0.3, 0.4) is 0 Å². The number of hydrogen-bond acceptors (Lipinski definition) is 7. The first-order valence-corrected chi connectivity index (χ1v) is 12.6. The highest BCUT2D eigenvalue weighted by molar-refractivity contribution is 7.99. The van der Waals surface area contributed by atoms with E-state index >= 15 is 0 Å². The van der Waals surface area contributed by atoms with Gasteiger partial charge in [-0.3, -0.25) is 4.79 Å². The number of carbonyl (C=O) groups excluding carboxylic acids is 2. The van der Waals surface area contributed by atoms with Crippen LogP contribution >= 0.6 is 23.4 Å². The van der Waals surface area contributed by atoms with Crippen molar-refractivity contribution in [2.45, 2.75) is 12.1 Å². The number of thioether (sulfide) groups is 1. The van der Waals surface area contributed by atoms with Gasteiger partial charge in [0.15, 0.2) is 0 Å². The van der Waals surface area contributed by atoms with Crippen LogP contribution in [0.2, 0.25) is 5.02 Å². The lowest BCUT2D eigenvalue weighted by molar-refractivity contribution is -0.625. The lowest BCUT2D eigenvalue weighted by atomic mass is 10.1. The highest BCUT2D eigenvalue weighted by Crippen LogP contribution is 2.23. The first-order chi connectivity index (χ1) is 18.0. The Morgan fingerprint density at radius 1 is 1.14 bits per heavy atom. The van der Waals surface area contributed by atoms with Gasteiger partial charge in [0.25, 0.3) is 11.7 Å². The zero-order chi connectivity index (χ0) is 26.2. The van der Waals surface area contributed by atoms with Crippen molar-refractivity contribution in [2.75, 3.05) is 12.4 Å². The highest BCUT2D eigenvalue weighted by Gasteiger charge is 2.24. The van der Waals surface area contributed by atoms with Gasteiger partial charge in [0.2, 0.25) is 0 Å². The number of nitrogens with one attached hydrogen (secondary N) is 2. The van der Waals surface area contributed by atoms with E-state index in [9.17, 15) is 14.7 Å².